The van der Waals surface area contributed by atoms with Crippen molar-refractivity contribution in [3.05, 3.63) is 45.9 Å². The smallest absolute Gasteiger partial charge is 0.124 e. The molecule has 22 heavy (non-hydrogen) atoms. The van der Waals surface area contributed by atoms with Gasteiger partial charge in [0.2, 0.25) is 0 Å². The zero-order valence-corrected chi connectivity index (χ0v) is 13.7. The summed E-state index contributed by atoms with van der Waals surface area (Å²) in [5, 5.41) is 5.49. The van der Waals surface area contributed by atoms with Crippen LogP contribution < -0.4 is 10.1 Å². The van der Waals surface area contributed by atoms with E-state index in [1.807, 2.05) is 5.51 Å². The van der Waals surface area contributed by atoms with Crippen molar-refractivity contribution in [3.8, 4) is 5.75 Å². The Bertz CT molecular complexity index is 580. The second-order valence-electron chi connectivity index (χ2n) is 5.64. The van der Waals surface area contributed by atoms with Crippen LogP contribution in [0.25, 0.3) is 0 Å². The van der Waals surface area contributed by atoms with Gasteiger partial charge in [0.1, 0.15) is 12.4 Å². The fourth-order valence-electron chi connectivity index (χ4n) is 2.55. The number of nitrogens with zero attached hydrogens (tertiary/aromatic N) is 1. The van der Waals surface area contributed by atoms with E-state index in [0.717, 1.165) is 44.0 Å². The first-order valence-corrected chi connectivity index (χ1v) is 8.67. The molecule has 1 aromatic heterocycles. The van der Waals surface area contributed by atoms with Gasteiger partial charge < -0.3 is 14.8 Å². The maximum absolute atomic E-state index is 6.01. The highest BCUT2D eigenvalue weighted by atomic mass is 32.1. The van der Waals surface area contributed by atoms with E-state index in [4.69, 9.17) is 9.47 Å². The Morgan fingerprint density at radius 2 is 2.36 bits per heavy atom. The molecule has 0 radical (unpaired) electrons. The van der Waals surface area contributed by atoms with Gasteiger partial charge in [-0.3, -0.25) is 0 Å². The number of hydrogen-bond acceptors (Lipinski definition) is 5. The van der Waals surface area contributed by atoms with Crippen molar-refractivity contribution in [2.75, 3.05) is 13.2 Å². The van der Waals surface area contributed by atoms with Crippen LogP contribution in [-0.2, 0) is 17.8 Å². The normalized spacial score (nSPS) is 17.8. The van der Waals surface area contributed by atoms with Crippen LogP contribution in [-0.4, -0.2) is 24.3 Å². The summed E-state index contributed by atoms with van der Waals surface area (Å²) >= 11 is 1.62. The number of aryl methyl sites for hydroxylation is 1. The highest BCUT2D eigenvalue weighted by molar-refractivity contribution is 7.07. The molecule has 1 aromatic carbocycles. The number of nitrogens with one attached hydrogen (secondary N) is 1. The Kier molecular flexibility index (Phi) is 5.43. The highest BCUT2D eigenvalue weighted by Gasteiger charge is 2.16. The summed E-state index contributed by atoms with van der Waals surface area (Å²) in [6.45, 7) is 5.15. The molecule has 0 bridgehead atoms. The van der Waals surface area contributed by atoms with Crippen LogP contribution in [0.3, 0.4) is 0 Å². The minimum atomic E-state index is 0.247. The first kappa shape index (κ1) is 15.5. The lowest BCUT2D eigenvalue weighted by atomic mass is 10.1. The second-order valence-corrected chi connectivity index (χ2v) is 6.36. The van der Waals surface area contributed by atoms with Crippen molar-refractivity contribution in [2.45, 2.75) is 39.0 Å². The molecule has 0 spiro atoms. The van der Waals surface area contributed by atoms with E-state index in [1.165, 1.54) is 11.1 Å². The number of ether oxygens (including phenoxy) is 2. The Labute approximate surface area is 135 Å². The quantitative estimate of drug-likeness (QED) is 0.850. The fourth-order valence-corrected chi connectivity index (χ4v) is 3.11. The molecule has 0 saturated carbocycles. The number of hydrogen-bond donors (Lipinski definition) is 1. The molecule has 3 rings (SSSR count). The zero-order chi connectivity index (χ0) is 15.2. The van der Waals surface area contributed by atoms with Gasteiger partial charge in [0, 0.05) is 30.6 Å². The van der Waals surface area contributed by atoms with Gasteiger partial charge in [-0.25, -0.2) is 4.98 Å². The summed E-state index contributed by atoms with van der Waals surface area (Å²) in [6.07, 6.45) is 2.49. The maximum atomic E-state index is 6.01. The van der Waals surface area contributed by atoms with Gasteiger partial charge in [0.25, 0.3) is 0 Å². The highest BCUT2D eigenvalue weighted by Crippen LogP contribution is 2.22. The van der Waals surface area contributed by atoms with E-state index in [-0.39, 0.29) is 6.10 Å². The Morgan fingerprint density at radius 3 is 3.14 bits per heavy atom. The molecule has 1 aliphatic heterocycles. The van der Waals surface area contributed by atoms with Crippen molar-refractivity contribution in [1.29, 1.82) is 0 Å². The van der Waals surface area contributed by atoms with Crippen molar-refractivity contribution >= 4 is 11.3 Å². The van der Waals surface area contributed by atoms with E-state index < -0.39 is 0 Å². The van der Waals surface area contributed by atoms with Gasteiger partial charge in [-0.15, -0.1) is 11.3 Å². The third kappa shape index (κ3) is 4.29. The predicted octanol–water partition coefficient (Wildman–Crippen LogP) is 3.30. The van der Waals surface area contributed by atoms with Crippen LogP contribution in [0.15, 0.2) is 29.1 Å². The standard InChI is InChI=1S/C17H22N2O2S/c1-13-4-5-14(8-18-9-15-11-22-12-19-15)17(7-13)21-10-16-3-2-6-20-16/h4-5,7,11-12,16,18H,2-3,6,8-10H2,1H3/t16-/m0/s1. The lowest BCUT2D eigenvalue weighted by Crippen LogP contribution is -2.18. The van der Waals surface area contributed by atoms with E-state index in [1.54, 1.807) is 11.3 Å². The van der Waals surface area contributed by atoms with Gasteiger partial charge in [-0.2, -0.15) is 0 Å². The van der Waals surface area contributed by atoms with Crippen LogP contribution in [0, 0.1) is 6.92 Å². The first-order valence-electron chi connectivity index (χ1n) is 7.73. The van der Waals surface area contributed by atoms with Crippen LogP contribution in [0.5, 0.6) is 5.75 Å². The molecule has 118 valence electrons. The molecule has 1 fully saturated rings. The third-order valence-electron chi connectivity index (χ3n) is 3.78. The SMILES string of the molecule is Cc1ccc(CNCc2cscn2)c(OC[C@@H]2CCCO2)c1. The van der Waals surface area contributed by atoms with E-state index >= 15 is 0 Å². The molecule has 5 heteroatoms. The molecule has 2 aromatic rings. The summed E-state index contributed by atoms with van der Waals surface area (Å²) in [5.74, 6) is 0.960. The minimum absolute atomic E-state index is 0.247. The fraction of sp³-hybridized carbons (Fsp3) is 0.471. The molecular weight excluding hydrogens is 296 g/mol. The van der Waals surface area contributed by atoms with Crippen LogP contribution in [0.1, 0.15) is 29.7 Å². The van der Waals surface area contributed by atoms with Crippen LogP contribution in [0.4, 0.5) is 0 Å². The molecule has 4 nitrogen and oxygen atoms in total. The molecule has 1 aliphatic rings. The monoisotopic (exact) mass is 318 g/mol. The molecule has 1 saturated heterocycles. The summed E-state index contributed by atoms with van der Waals surface area (Å²) in [7, 11) is 0. The van der Waals surface area contributed by atoms with E-state index in [2.05, 4.69) is 40.8 Å². The lowest BCUT2D eigenvalue weighted by molar-refractivity contribution is 0.0675. The lowest BCUT2D eigenvalue weighted by Gasteiger charge is -2.15. The van der Waals surface area contributed by atoms with Crippen LogP contribution >= 0.6 is 11.3 Å². The van der Waals surface area contributed by atoms with E-state index in [9.17, 15) is 0 Å². The zero-order valence-electron chi connectivity index (χ0n) is 12.9. The van der Waals surface area contributed by atoms with Gasteiger partial charge in [0.15, 0.2) is 0 Å². The van der Waals surface area contributed by atoms with Gasteiger partial charge in [0.05, 0.1) is 17.3 Å². The molecule has 0 unspecified atom stereocenters. The molecule has 0 amide bonds. The molecule has 0 aliphatic carbocycles. The van der Waals surface area contributed by atoms with Crippen molar-refractivity contribution < 1.29 is 9.47 Å². The summed E-state index contributed by atoms with van der Waals surface area (Å²) in [6, 6.07) is 6.36. The number of benzene rings is 1. The number of aromatic nitrogens is 1. The predicted molar refractivity (Wildman–Crippen MR) is 88.3 cm³/mol. The van der Waals surface area contributed by atoms with Gasteiger partial charge >= 0.3 is 0 Å². The number of thiazole rings is 1. The Hall–Kier alpha value is -1.43. The first-order chi connectivity index (χ1) is 10.8. The van der Waals surface area contributed by atoms with Gasteiger partial charge in [-0.1, -0.05) is 12.1 Å². The number of rotatable bonds is 7. The van der Waals surface area contributed by atoms with Crippen molar-refractivity contribution in [2.24, 2.45) is 0 Å². The van der Waals surface area contributed by atoms with Crippen molar-refractivity contribution in [1.82, 2.24) is 10.3 Å². The molecular formula is C17H22N2O2S. The molecule has 2 heterocycles. The average molecular weight is 318 g/mol. The molecule has 1 atom stereocenters. The molecule has 1 N–H and O–H groups in total. The van der Waals surface area contributed by atoms with E-state index in [0.29, 0.717) is 6.61 Å². The van der Waals surface area contributed by atoms with Gasteiger partial charge in [-0.05, 0) is 31.4 Å². The Morgan fingerprint density at radius 1 is 1.41 bits per heavy atom. The minimum Gasteiger partial charge on any atom is -0.491 e. The largest absolute Gasteiger partial charge is 0.491 e. The summed E-state index contributed by atoms with van der Waals surface area (Å²) in [4.78, 5) is 4.28. The third-order valence-corrected chi connectivity index (χ3v) is 4.41. The van der Waals surface area contributed by atoms with Crippen LogP contribution in [0.2, 0.25) is 0 Å². The second kappa shape index (κ2) is 7.72. The van der Waals surface area contributed by atoms with Crippen molar-refractivity contribution in [3.63, 3.8) is 0 Å². The summed E-state index contributed by atoms with van der Waals surface area (Å²) in [5.41, 5.74) is 5.34. The average Bonchev–Trinajstić information content (AvgIpc) is 3.20. The Balaban J connectivity index is 1.56. The summed E-state index contributed by atoms with van der Waals surface area (Å²) < 4.78 is 11.6. The topological polar surface area (TPSA) is 43.4 Å². The maximum Gasteiger partial charge on any atom is 0.124 e.